The summed E-state index contributed by atoms with van der Waals surface area (Å²) in [6, 6.07) is 8.59. The van der Waals surface area contributed by atoms with Crippen molar-refractivity contribution in [1.82, 2.24) is 15.1 Å². The van der Waals surface area contributed by atoms with Crippen molar-refractivity contribution in [2.45, 2.75) is 32.9 Å². The van der Waals surface area contributed by atoms with Gasteiger partial charge in [-0.2, -0.15) is 5.10 Å². The van der Waals surface area contributed by atoms with Crippen molar-refractivity contribution in [3.63, 3.8) is 0 Å². The van der Waals surface area contributed by atoms with Crippen LogP contribution in [0.25, 0.3) is 0 Å². The molecule has 0 saturated carbocycles. The lowest BCUT2D eigenvalue weighted by Crippen LogP contribution is -2.20. The minimum absolute atomic E-state index is 0.224. The maximum absolute atomic E-state index is 6.39. The summed E-state index contributed by atoms with van der Waals surface area (Å²) in [5.41, 5.74) is 3.23. The monoisotopic (exact) mass is 355 g/mol. The first-order chi connectivity index (χ1) is 9.56. The highest BCUT2D eigenvalue weighted by atomic mass is 79.9. The van der Waals surface area contributed by atoms with Gasteiger partial charge in [0.2, 0.25) is 0 Å². The quantitative estimate of drug-likeness (QED) is 0.873. The van der Waals surface area contributed by atoms with E-state index in [9.17, 15) is 0 Å². The van der Waals surface area contributed by atoms with E-state index in [-0.39, 0.29) is 6.04 Å². The average Bonchev–Trinajstić information content (AvgIpc) is 2.73. The third kappa shape index (κ3) is 3.25. The zero-order chi connectivity index (χ0) is 14.7. The smallest absolute Gasteiger partial charge is 0.0847 e. The first-order valence-electron chi connectivity index (χ1n) is 6.71. The van der Waals surface area contributed by atoms with Gasteiger partial charge >= 0.3 is 0 Å². The fourth-order valence-electron chi connectivity index (χ4n) is 2.34. The summed E-state index contributed by atoms with van der Waals surface area (Å²) in [5.74, 6) is 0. The Kier molecular flexibility index (Phi) is 5.24. The number of likely N-dealkylation sites (N-methyl/N-ethyl adjacent to an activating group) is 1. The second-order valence-corrected chi connectivity index (χ2v) is 6.05. The van der Waals surface area contributed by atoms with Gasteiger partial charge in [-0.25, -0.2) is 0 Å². The number of nitrogens with one attached hydrogen (secondary N) is 1. The maximum atomic E-state index is 6.39. The molecule has 1 aromatic heterocycles. The molecule has 0 saturated heterocycles. The first kappa shape index (κ1) is 15.5. The molecule has 20 heavy (non-hydrogen) atoms. The molecule has 2 rings (SSSR count). The first-order valence-corrected chi connectivity index (χ1v) is 7.88. The van der Waals surface area contributed by atoms with E-state index in [1.165, 1.54) is 5.56 Å². The molecule has 0 spiro atoms. The minimum Gasteiger partial charge on any atom is -0.313 e. The maximum Gasteiger partial charge on any atom is 0.0847 e. The number of benzene rings is 1. The fourth-order valence-corrected chi connectivity index (χ4v) is 2.82. The molecule has 1 aromatic carbocycles. The van der Waals surface area contributed by atoms with Crippen LogP contribution in [0.3, 0.4) is 0 Å². The lowest BCUT2D eigenvalue weighted by atomic mass is 10.0. The molecule has 0 aliphatic heterocycles. The average molecular weight is 357 g/mol. The highest BCUT2D eigenvalue weighted by Gasteiger charge is 2.18. The number of hydrogen-bond donors (Lipinski definition) is 1. The summed E-state index contributed by atoms with van der Waals surface area (Å²) in [6.07, 6.45) is 0.825. The van der Waals surface area contributed by atoms with Crippen molar-refractivity contribution in [2.24, 2.45) is 0 Å². The third-order valence-corrected chi connectivity index (χ3v) is 4.49. The zero-order valence-electron chi connectivity index (χ0n) is 12.0. The van der Waals surface area contributed by atoms with Crippen molar-refractivity contribution in [3.8, 4) is 0 Å². The molecule has 0 fully saturated rings. The van der Waals surface area contributed by atoms with Crippen LogP contribution in [0.5, 0.6) is 0 Å². The molecule has 1 unspecified atom stereocenters. The van der Waals surface area contributed by atoms with Gasteiger partial charge in [-0.1, -0.05) is 39.7 Å². The predicted molar refractivity (Wildman–Crippen MR) is 87.3 cm³/mol. The van der Waals surface area contributed by atoms with Gasteiger partial charge in [-0.15, -0.1) is 0 Å². The molecule has 2 aromatic rings. The van der Waals surface area contributed by atoms with Crippen LogP contribution >= 0.6 is 27.5 Å². The highest BCUT2D eigenvalue weighted by molar-refractivity contribution is 9.10. The minimum atomic E-state index is 0.224. The Morgan fingerprint density at radius 2 is 2.00 bits per heavy atom. The van der Waals surface area contributed by atoms with Crippen LogP contribution in [-0.4, -0.2) is 16.8 Å². The van der Waals surface area contributed by atoms with Crippen molar-refractivity contribution in [1.29, 1.82) is 0 Å². The van der Waals surface area contributed by atoms with E-state index in [4.69, 9.17) is 11.6 Å². The molecule has 1 N–H and O–H groups in total. The lowest BCUT2D eigenvalue weighted by Gasteiger charge is -2.17. The van der Waals surface area contributed by atoms with Gasteiger partial charge < -0.3 is 5.32 Å². The van der Waals surface area contributed by atoms with E-state index < -0.39 is 0 Å². The number of halogens is 2. The number of aromatic nitrogens is 2. The Hall–Kier alpha value is -0.840. The normalized spacial score (nSPS) is 12.7. The van der Waals surface area contributed by atoms with Crippen molar-refractivity contribution < 1.29 is 0 Å². The SMILES string of the molecule is CCn1nc(C)c(Cl)c1CC(NC)c1ccc(Br)cc1. The van der Waals surface area contributed by atoms with Gasteiger partial charge in [-0.3, -0.25) is 4.68 Å². The number of hydrogen-bond acceptors (Lipinski definition) is 2. The van der Waals surface area contributed by atoms with Crippen molar-refractivity contribution in [3.05, 3.63) is 50.7 Å². The Balaban J connectivity index is 2.28. The molecule has 1 atom stereocenters. The van der Waals surface area contributed by atoms with Gasteiger partial charge in [-0.05, 0) is 38.6 Å². The van der Waals surface area contributed by atoms with Crippen LogP contribution in [-0.2, 0) is 13.0 Å². The van der Waals surface area contributed by atoms with Crippen LogP contribution in [0, 0.1) is 6.92 Å². The summed E-state index contributed by atoms with van der Waals surface area (Å²) in [5, 5.41) is 8.61. The molecule has 0 radical (unpaired) electrons. The molecule has 0 amide bonds. The summed E-state index contributed by atoms with van der Waals surface area (Å²) < 4.78 is 3.07. The van der Waals surface area contributed by atoms with E-state index in [1.54, 1.807) is 0 Å². The lowest BCUT2D eigenvalue weighted by molar-refractivity contribution is 0.541. The summed E-state index contributed by atoms with van der Waals surface area (Å²) in [4.78, 5) is 0. The largest absolute Gasteiger partial charge is 0.313 e. The molecule has 0 aliphatic carbocycles. The topological polar surface area (TPSA) is 29.9 Å². The molecule has 3 nitrogen and oxygen atoms in total. The van der Waals surface area contributed by atoms with Gasteiger partial charge in [0, 0.05) is 23.5 Å². The summed E-state index contributed by atoms with van der Waals surface area (Å²) >= 11 is 9.85. The Morgan fingerprint density at radius 1 is 1.35 bits per heavy atom. The van der Waals surface area contributed by atoms with E-state index in [0.29, 0.717) is 0 Å². The van der Waals surface area contributed by atoms with Gasteiger partial charge in [0.15, 0.2) is 0 Å². The Morgan fingerprint density at radius 3 is 2.55 bits per heavy atom. The number of nitrogens with zero attached hydrogens (tertiary/aromatic N) is 2. The van der Waals surface area contributed by atoms with E-state index >= 15 is 0 Å². The van der Waals surface area contributed by atoms with Gasteiger partial charge in [0.05, 0.1) is 16.4 Å². The molecule has 0 aliphatic rings. The van der Waals surface area contributed by atoms with Crippen molar-refractivity contribution >= 4 is 27.5 Å². The zero-order valence-corrected chi connectivity index (χ0v) is 14.3. The van der Waals surface area contributed by atoms with Crippen LogP contribution in [0.4, 0.5) is 0 Å². The second-order valence-electron chi connectivity index (χ2n) is 4.76. The van der Waals surface area contributed by atoms with Gasteiger partial charge in [0.1, 0.15) is 0 Å². The molecular weight excluding hydrogens is 338 g/mol. The molecule has 1 heterocycles. The van der Waals surface area contributed by atoms with Crippen LogP contribution in [0.15, 0.2) is 28.7 Å². The molecular formula is C15H19BrClN3. The van der Waals surface area contributed by atoms with Crippen LogP contribution in [0.1, 0.15) is 29.9 Å². The second kappa shape index (κ2) is 6.74. The van der Waals surface area contributed by atoms with E-state index in [0.717, 1.165) is 33.8 Å². The van der Waals surface area contributed by atoms with Crippen molar-refractivity contribution in [2.75, 3.05) is 7.05 Å². The molecule has 0 bridgehead atoms. The van der Waals surface area contributed by atoms with Gasteiger partial charge in [0.25, 0.3) is 0 Å². The standard InChI is InChI=1S/C15H19BrClN3/c1-4-20-14(15(17)10(2)19-20)9-13(18-3)11-5-7-12(16)8-6-11/h5-8,13,18H,4,9H2,1-3H3. The molecule has 5 heteroatoms. The van der Waals surface area contributed by atoms with E-state index in [2.05, 4.69) is 57.5 Å². The summed E-state index contributed by atoms with van der Waals surface area (Å²) in [7, 11) is 1.97. The van der Waals surface area contributed by atoms with E-state index in [1.807, 2.05) is 18.7 Å². The van der Waals surface area contributed by atoms with Crippen LogP contribution in [0.2, 0.25) is 5.02 Å². The number of rotatable bonds is 5. The Labute approximate surface area is 133 Å². The molecule has 108 valence electrons. The number of aryl methyl sites for hydroxylation is 2. The third-order valence-electron chi connectivity index (χ3n) is 3.47. The Bertz CT molecular complexity index is 578. The van der Waals surface area contributed by atoms with Crippen LogP contribution < -0.4 is 5.32 Å². The predicted octanol–water partition coefficient (Wildman–Crippen LogP) is 4.13. The highest BCUT2D eigenvalue weighted by Crippen LogP contribution is 2.26. The fraction of sp³-hybridized carbons (Fsp3) is 0.400. The summed E-state index contributed by atoms with van der Waals surface area (Å²) in [6.45, 7) is 4.87.